The van der Waals surface area contributed by atoms with Crippen molar-refractivity contribution in [3.8, 4) is 11.5 Å². The highest BCUT2D eigenvalue weighted by atomic mass is 16.6. The molecule has 138 valence electrons. The van der Waals surface area contributed by atoms with Crippen molar-refractivity contribution >= 4 is 17.4 Å². The summed E-state index contributed by atoms with van der Waals surface area (Å²) in [5, 5.41) is 5.95. The van der Waals surface area contributed by atoms with Crippen LogP contribution in [0.3, 0.4) is 0 Å². The number of benzene rings is 1. The zero-order valence-electron chi connectivity index (χ0n) is 14.7. The van der Waals surface area contributed by atoms with Gasteiger partial charge in [0, 0.05) is 17.8 Å². The fourth-order valence-electron chi connectivity index (χ4n) is 2.68. The molecular formula is C19H18N4O4. The molecule has 27 heavy (non-hydrogen) atoms. The first-order chi connectivity index (χ1) is 13.2. The molecule has 8 nitrogen and oxygen atoms in total. The lowest BCUT2D eigenvalue weighted by Gasteiger charge is -2.19. The van der Waals surface area contributed by atoms with Crippen LogP contribution >= 0.6 is 0 Å². The molecule has 0 spiro atoms. The van der Waals surface area contributed by atoms with Crippen LogP contribution in [-0.2, 0) is 6.54 Å². The minimum atomic E-state index is -0.335. The van der Waals surface area contributed by atoms with Crippen molar-refractivity contribution in [3.63, 3.8) is 0 Å². The number of nitrogens with zero attached hydrogens (tertiary/aromatic N) is 2. The second-order valence-corrected chi connectivity index (χ2v) is 5.93. The zero-order chi connectivity index (χ0) is 18.6. The van der Waals surface area contributed by atoms with E-state index in [2.05, 4.69) is 20.6 Å². The molecular weight excluding hydrogens is 348 g/mol. The van der Waals surface area contributed by atoms with Crippen molar-refractivity contribution in [2.24, 2.45) is 0 Å². The van der Waals surface area contributed by atoms with Gasteiger partial charge in [-0.2, -0.15) is 0 Å². The van der Waals surface area contributed by atoms with Gasteiger partial charge in [0.1, 0.15) is 36.3 Å². The van der Waals surface area contributed by atoms with Gasteiger partial charge in [0.25, 0.3) is 5.91 Å². The molecule has 0 saturated carbocycles. The minimum Gasteiger partial charge on any atom is -0.486 e. The van der Waals surface area contributed by atoms with Crippen LogP contribution in [0.2, 0.25) is 0 Å². The van der Waals surface area contributed by atoms with E-state index in [0.717, 1.165) is 5.76 Å². The Morgan fingerprint density at radius 2 is 1.96 bits per heavy atom. The van der Waals surface area contributed by atoms with Gasteiger partial charge in [0.15, 0.2) is 11.5 Å². The largest absolute Gasteiger partial charge is 0.486 e. The third-order valence-electron chi connectivity index (χ3n) is 3.89. The standard InChI is InChI=1S/C19H18N4O4/c1-12-21-15(10-18(22-12)20-11-14-3-2-6-25-14)19(24)23-13-4-5-16-17(9-13)27-8-7-26-16/h2-6,9-10H,7-8,11H2,1H3,(H,23,24)(H,20,21,22). The number of aryl methyl sites for hydroxylation is 1. The molecule has 0 unspecified atom stereocenters. The highest BCUT2D eigenvalue weighted by molar-refractivity contribution is 6.03. The zero-order valence-corrected chi connectivity index (χ0v) is 14.7. The number of amides is 1. The fourth-order valence-corrected chi connectivity index (χ4v) is 2.68. The topological polar surface area (TPSA) is 98.5 Å². The predicted molar refractivity (Wildman–Crippen MR) is 98.2 cm³/mol. The maximum Gasteiger partial charge on any atom is 0.274 e. The van der Waals surface area contributed by atoms with E-state index in [-0.39, 0.29) is 11.6 Å². The molecule has 2 aromatic heterocycles. The molecule has 1 aliphatic rings. The SMILES string of the molecule is Cc1nc(NCc2ccco2)cc(C(=O)Nc2ccc3c(c2)OCCO3)n1. The van der Waals surface area contributed by atoms with Gasteiger partial charge in [-0.1, -0.05) is 0 Å². The normalized spacial score (nSPS) is 12.5. The maximum absolute atomic E-state index is 12.6. The Labute approximate surface area is 155 Å². The van der Waals surface area contributed by atoms with Gasteiger partial charge in [0.05, 0.1) is 12.8 Å². The Bertz CT molecular complexity index is 956. The van der Waals surface area contributed by atoms with E-state index >= 15 is 0 Å². The number of hydrogen-bond acceptors (Lipinski definition) is 7. The first kappa shape index (κ1) is 16.9. The van der Waals surface area contributed by atoms with Crippen LogP contribution in [0.5, 0.6) is 11.5 Å². The summed E-state index contributed by atoms with van der Waals surface area (Å²) in [5.41, 5.74) is 0.866. The summed E-state index contributed by atoms with van der Waals surface area (Å²) in [6.45, 7) is 3.21. The third-order valence-corrected chi connectivity index (χ3v) is 3.89. The molecule has 0 fully saturated rings. The van der Waals surface area contributed by atoms with Gasteiger partial charge >= 0.3 is 0 Å². The van der Waals surface area contributed by atoms with E-state index < -0.39 is 0 Å². The molecule has 8 heteroatoms. The lowest BCUT2D eigenvalue weighted by molar-refractivity contribution is 0.102. The number of nitrogens with one attached hydrogen (secondary N) is 2. The monoisotopic (exact) mass is 366 g/mol. The summed E-state index contributed by atoms with van der Waals surface area (Å²) in [6, 6.07) is 10.5. The van der Waals surface area contributed by atoms with Crippen molar-refractivity contribution in [2.75, 3.05) is 23.8 Å². The van der Waals surface area contributed by atoms with Crippen LogP contribution in [0.25, 0.3) is 0 Å². The Morgan fingerprint density at radius 3 is 2.78 bits per heavy atom. The van der Waals surface area contributed by atoms with Crippen LogP contribution in [-0.4, -0.2) is 29.1 Å². The number of aromatic nitrogens is 2. The van der Waals surface area contributed by atoms with Crippen LogP contribution in [0, 0.1) is 6.92 Å². The number of hydrogen-bond donors (Lipinski definition) is 2. The van der Waals surface area contributed by atoms with E-state index in [9.17, 15) is 4.79 Å². The molecule has 1 aromatic carbocycles. The highest BCUT2D eigenvalue weighted by Gasteiger charge is 2.15. The summed E-state index contributed by atoms with van der Waals surface area (Å²) in [7, 11) is 0. The number of ether oxygens (including phenoxy) is 2. The molecule has 4 rings (SSSR count). The number of carbonyl (C=O) groups is 1. The smallest absolute Gasteiger partial charge is 0.274 e. The number of carbonyl (C=O) groups excluding carboxylic acids is 1. The molecule has 3 heterocycles. The summed E-state index contributed by atoms with van der Waals surface area (Å²) in [6.07, 6.45) is 1.61. The second-order valence-electron chi connectivity index (χ2n) is 5.93. The minimum absolute atomic E-state index is 0.263. The molecule has 0 aliphatic carbocycles. The molecule has 0 bridgehead atoms. The lowest BCUT2D eigenvalue weighted by atomic mass is 10.2. The number of anilines is 2. The summed E-state index contributed by atoms with van der Waals surface area (Å²) >= 11 is 0. The van der Waals surface area contributed by atoms with Crippen molar-refractivity contribution in [3.05, 3.63) is 59.9 Å². The van der Waals surface area contributed by atoms with E-state index in [1.165, 1.54) is 0 Å². The molecule has 0 atom stereocenters. The second kappa shape index (κ2) is 7.36. The van der Waals surface area contributed by atoms with Gasteiger partial charge in [-0.25, -0.2) is 9.97 Å². The number of rotatable bonds is 5. The molecule has 0 radical (unpaired) electrons. The quantitative estimate of drug-likeness (QED) is 0.716. The molecule has 1 aliphatic heterocycles. The van der Waals surface area contributed by atoms with Crippen LogP contribution < -0.4 is 20.1 Å². The Hall–Kier alpha value is -3.55. The van der Waals surface area contributed by atoms with Gasteiger partial charge in [0.2, 0.25) is 0 Å². The van der Waals surface area contributed by atoms with Gasteiger partial charge in [-0.15, -0.1) is 0 Å². The van der Waals surface area contributed by atoms with E-state index in [4.69, 9.17) is 13.9 Å². The van der Waals surface area contributed by atoms with E-state index in [1.807, 2.05) is 12.1 Å². The van der Waals surface area contributed by atoms with Crippen molar-refractivity contribution in [1.82, 2.24) is 9.97 Å². The molecule has 1 amide bonds. The van der Waals surface area contributed by atoms with Gasteiger partial charge in [-0.3, -0.25) is 4.79 Å². The van der Waals surface area contributed by atoms with Crippen LogP contribution in [0.4, 0.5) is 11.5 Å². The summed E-state index contributed by atoms with van der Waals surface area (Å²) < 4.78 is 16.3. The average Bonchev–Trinajstić information content (AvgIpc) is 3.19. The first-order valence-electron chi connectivity index (χ1n) is 8.50. The van der Waals surface area contributed by atoms with Crippen LogP contribution in [0.1, 0.15) is 22.1 Å². The maximum atomic E-state index is 12.6. The Kier molecular flexibility index (Phi) is 4.61. The van der Waals surface area contributed by atoms with Gasteiger partial charge < -0.3 is 24.5 Å². The first-order valence-corrected chi connectivity index (χ1v) is 8.50. The van der Waals surface area contributed by atoms with Gasteiger partial charge in [-0.05, 0) is 31.2 Å². The average molecular weight is 366 g/mol. The predicted octanol–water partition coefficient (Wildman–Crippen LogP) is 3.01. The number of furan rings is 1. The fraction of sp³-hybridized carbons (Fsp3) is 0.211. The van der Waals surface area contributed by atoms with Crippen molar-refractivity contribution < 1.29 is 18.7 Å². The van der Waals surface area contributed by atoms with E-state index in [1.54, 1.807) is 37.5 Å². The summed E-state index contributed by atoms with van der Waals surface area (Å²) in [4.78, 5) is 21.1. The van der Waals surface area contributed by atoms with Crippen molar-refractivity contribution in [1.29, 1.82) is 0 Å². The Morgan fingerprint density at radius 1 is 1.11 bits per heavy atom. The lowest BCUT2D eigenvalue weighted by Crippen LogP contribution is -2.17. The van der Waals surface area contributed by atoms with Crippen molar-refractivity contribution in [2.45, 2.75) is 13.5 Å². The number of fused-ring (bicyclic) bond motifs is 1. The Balaban J connectivity index is 1.48. The molecule has 2 N–H and O–H groups in total. The van der Waals surface area contributed by atoms with Crippen LogP contribution in [0.15, 0.2) is 47.1 Å². The van der Waals surface area contributed by atoms with E-state index in [0.29, 0.717) is 48.6 Å². The summed E-state index contributed by atoms with van der Waals surface area (Å²) in [5.74, 6) is 2.75. The molecule has 0 saturated heterocycles. The molecule has 3 aromatic rings. The highest BCUT2D eigenvalue weighted by Crippen LogP contribution is 2.32. The third kappa shape index (κ3) is 4.00.